The van der Waals surface area contributed by atoms with Crippen molar-refractivity contribution >= 4 is 5.97 Å². The first-order chi connectivity index (χ1) is 9.04. The van der Waals surface area contributed by atoms with Crippen LogP contribution in [0.1, 0.15) is 24.2 Å². The number of carbonyl (C=O) groups is 1. The summed E-state index contributed by atoms with van der Waals surface area (Å²) in [6.07, 6.45) is -0.631. The van der Waals surface area contributed by atoms with Crippen molar-refractivity contribution in [1.82, 2.24) is 5.32 Å². The van der Waals surface area contributed by atoms with E-state index in [9.17, 15) is 9.90 Å². The molecule has 1 aromatic rings. The third-order valence-corrected chi connectivity index (χ3v) is 2.49. The number of carbonyl (C=O) groups excluding carboxylic acids is 1. The average molecular weight is 267 g/mol. The zero-order valence-corrected chi connectivity index (χ0v) is 11.6. The second-order valence-corrected chi connectivity index (χ2v) is 4.52. The van der Waals surface area contributed by atoms with Gasteiger partial charge in [-0.15, -0.1) is 0 Å². The lowest BCUT2D eigenvalue weighted by atomic mass is 10.2. The monoisotopic (exact) mass is 267 g/mol. The second-order valence-electron chi connectivity index (χ2n) is 4.52. The predicted molar refractivity (Wildman–Crippen MR) is 72.4 cm³/mol. The van der Waals surface area contributed by atoms with Crippen LogP contribution in [-0.4, -0.2) is 43.5 Å². The molecule has 1 atom stereocenters. The van der Waals surface area contributed by atoms with Gasteiger partial charge in [0, 0.05) is 12.6 Å². The summed E-state index contributed by atoms with van der Waals surface area (Å²) < 4.78 is 10.1. The van der Waals surface area contributed by atoms with Gasteiger partial charge in [0.1, 0.15) is 24.0 Å². The van der Waals surface area contributed by atoms with Crippen LogP contribution in [0.3, 0.4) is 0 Å². The van der Waals surface area contributed by atoms with Crippen LogP contribution in [-0.2, 0) is 4.74 Å². The fraction of sp³-hybridized carbons (Fsp3) is 0.500. The maximum absolute atomic E-state index is 11.5. The Kier molecular flexibility index (Phi) is 6.32. The largest absolute Gasteiger partial charge is 0.490 e. The molecule has 0 saturated carbocycles. The second kappa shape index (κ2) is 7.76. The molecule has 0 radical (unpaired) electrons. The Morgan fingerprint density at radius 1 is 1.37 bits per heavy atom. The maximum atomic E-state index is 11.5. The Hall–Kier alpha value is -1.59. The van der Waals surface area contributed by atoms with Gasteiger partial charge in [-0.2, -0.15) is 0 Å². The Balaban J connectivity index is 2.55. The zero-order chi connectivity index (χ0) is 14.3. The van der Waals surface area contributed by atoms with Crippen LogP contribution >= 0.6 is 0 Å². The Morgan fingerprint density at radius 3 is 2.68 bits per heavy atom. The standard InChI is InChI=1S/C14H21NO4/c1-10(2)15-8-11(16)9-19-13-7-5-4-6-12(13)14(17)18-3/h4-7,10-11,15-16H,8-9H2,1-3H3/t11-/m0/s1. The number of esters is 1. The number of aliphatic hydroxyl groups excluding tert-OH is 1. The smallest absolute Gasteiger partial charge is 0.341 e. The highest BCUT2D eigenvalue weighted by atomic mass is 16.5. The maximum Gasteiger partial charge on any atom is 0.341 e. The minimum atomic E-state index is -0.631. The molecule has 2 N–H and O–H groups in total. The fourth-order valence-corrected chi connectivity index (χ4v) is 1.49. The quantitative estimate of drug-likeness (QED) is 0.727. The normalized spacial score (nSPS) is 12.3. The highest BCUT2D eigenvalue weighted by molar-refractivity contribution is 5.92. The van der Waals surface area contributed by atoms with Gasteiger partial charge < -0.3 is 19.9 Å². The molecule has 0 aliphatic heterocycles. The molecule has 0 heterocycles. The molecule has 0 spiro atoms. The van der Waals surface area contributed by atoms with Gasteiger partial charge in [0.25, 0.3) is 0 Å². The Labute approximate surface area is 113 Å². The van der Waals surface area contributed by atoms with Crippen molar-refractivity contribution in [3.8, 4) is 5.75 Å². The highest BCUT2D eigenvalue weighted by Crippen LogP contribution is 2.18. The molecular weight excluding hydrogens is 246 g/mol. The van der Waals surface area contributed by atoms with Gasteiger partial charge in [0.2, 0.25) is 0 Å². The minimum Gasteiger partial charge on any atom is -0.490 e. The SMILES string of the molecule is COC(=O)c1ccccc1OC[C@@H](O)CNC(C)C. The van der Waals surface area contributed by atoms with Gasteiger partial charge in [0.15, 0.2) is 0 Å². The fourth-order valence-electron chi connectivity index (χ4n) is 1.49. The lowest BCUT2D eigenvalue weighted by molar-refractivity contribution is 0.0588. The van der Waals surface area contributed by atoms with Crippen LogP contribution in [0.4, 0.5) is 0 Å². The lowest BCUT2D eigenvalue weighted by Crippen LogP contribution is -2.35. The first-order valence-electron chi connectivity index (χ1n) is 6.26. The summed E-state index contributed by atoms with van der Waals surface area (Å²) in [7, 11) is 1.32. The third kappa shape index (κ3) is 5.28. The topological polar surface area (TPSA) is 67.8 Å². The number of benzene rings is 1. The summed E-state index contributed by atoms with van der Waals surface area (Å²) in [6.45, 7) is 4.56. The molecule has 106 valence electrons. The number of ether oxygens (including phenoxy) is 2. The van der Waals surface area contributed by atoms with E-state index in [0.717, 1.165) is 0 Å². The molecule has 0 aliphatic carbocycles. The summed E-state index contributed by atoms with van der Waals surface area (Å²) >= 11 is 0. The van der Waals surface area contributed by atoms with Crippen molar-refractivity contribution in [3.63, 3.8) is 0 Å². The average Bonchev–Trinajstić information content (AvgIpc) is 2.42. The van der Waals surface area contributed by atoms with E-state index < -0.39 is 12.1 Å². The molecular formula is C14H21NO4. The van der Waals surface area contributed by atoms with Gasteiger partial charge in [-0.1, -0.05) is 26.0 Å². The van der Waals surface area contributed by atoms with E-state index in [1.54, 1.807) is 24.3 Å². The highest BCUT2D eigenvalue weighted by Gasteiger charge is 2.13. The molecule has 5 heteroatoms. The predicted octanol–water partition coefficient (Wildman–Crippen LogP) is 1.21. The van der Waals surface area contributed by atoms with Gasteiger partial charge in [-0.3, -0.25) is 0 Å². The van der Waals surface area contributed by atoms with Crippen molar-refractivity contribution in [3.05, 3.63) is 29.8 Å². The Bertz CT molecular complexity index is 406. The lowest BCUT2D eigenvalue weighted by Gasteiger charge is -2.16. The molecule has 0 bridgehead atoms. The van der Waals surface area contributed by atoms with E-state index in [0.29, 0.717) is 23.9 Å². The summed E-state index contributed by atoms with van der Waals surface area (Å²) in [4.78, 5) is 11.5. The van der Waals surface area contributed by atoms with Crippen LogP contribution in [0, 0.1) is 0 Å². The van der Waals surface area contributed by atoms with E-state index in [2.05, 4.69) is 10.1 Å². The summed E-state index contributed by atoms with van der Waals surface area (Å²) in [5.41, 5.74) is 0.356. The molecule has 1 aromatic carbocycles. The van der Waals surface area contributed by atoms with Gasteiger partial charge in [-0.05, 0) is 12.1 Å². The van der Waals surface area contributed by atoms with E-state index in [1.807, 2.05) is 13.8 Å². The van der Waals surface area contributed by atoms with Crippen molar-refractivity contribution < 1.29 is 19.4 Å². The number of hydrogen-bond donors (Lipinski definition) is 2. The number of aliphatic hydroxyl groups is 1. The number of nitrogens with one attached hydrogen (secondary N) is 1. The van der Waals surface area contributed by atoms with Gasteiger partial charge in [0.05, 0.1) is 7.11 Å². The first kappa shape index (κ1) is 15.5. The summed E-state index contributed by atoms with van der Waals surface area (Å²) in [6, 6.07) is 7.10. The van der Waals surface area contributed by atoms with Crippen molar-refractivity contribution in [2.75, 3.05) is 20.3 Å². The van der Waals surface area contributed by atoms with Crippen LogP contribution in [0.15, 0.2) is 24.3 Å². The number of para-hydroxylation sites is 1. The summed E-state index contributed by atoms with van der Waals surface area (Å²) in [5, 5.41) is 12.9. The molecule has 0 amide bonds. The van der Waals surface area contributed by atoms with Crippen molar-refractivity contribution in [2.45, 2.75) is 26.0 Å². The number of hydrogen-bond acceptors (Lipinski definition) is 5. The third-order valence-electron chi connectivity index (χ3n) is 2.49. The first-order valence-corrected chi connectivity index (χ1v) is 6.26. The molecule has 0 aliphatic rings. The number of methoxy groups -OCH3 is 1. The van der Waals surface area contributed by atoms with E-state index in [1.165, 1.54) is 7.11 Å². The van der Waals surface area contributed by atoms with Crippen molar-refractivity contribution in [2.24, 2.45) is 0 Å². The van der Waals surface area contributed by atoms with Gasteiger partial charge >= 0.3 is 5.97 Å². The molecule has 0 unspecified atom stereocenters. The van der Waals surface area contributed by atoms with Crippen molar-refractivity contribution in [1.29, 1.82) is 0 Å². The summed E-state index contributed by atoms with van der Waals surface area (Å²) in [5.74, 6) is -0.0386. The Morgan fingerprint density at radius 2 is 2.05 bits per heavy atom. The molecule has 19 heavy (non-hydrogen) atoms. The van der Waals surface area contributed by atoms with E-state index in [-0.39, 0.29) is 6.61 Å². The van der Waals surface area contributed by atoms with E-state index in [4.69, 9.17) is 4.74 Å². The van der Waals surface area contributed by atoms with Crippen LogP contribution in [0.5, 0.6) is 5.75 Å². The number of rotatable bonds is 7. The molecule has 0 fully saturated rings. The minimum absolute atomic E-state index is 0.119. The molecule has 0 aromatic heterocycles. The van der Waals surface area contributed by atoms with Crippen LogP contribution < -0.4 is 10.1 Å². The molecule has 5 nitrogen and oxygen atoms in total. The zero-order valence-electron chi connectivity index (χ0n) is 11.6. The van der Waals surface area contributed by atoms with Crippen LogP contribution in [0.25, 0.3) is 0 Å². The molecule has 0 saturated heterocycles. The molecule has 1 rings (SSSR count). The van der Waals surface area contributed by atoms with Gasteiger partial charge in [-0.25, -0.2) is 4.79 Å². The van der Waals surface area contributed by atoms with E-state index >= 15 is 0 Å². The van der Waals surface area contributed by atoms with Crippen LogP contribution in [0.2, 0.25) is 0 Å².